The van der Waals surface area contributed by atoms with E-state index in [1.807, 2.05) is 0 Å². The molecule has 1 aliphatic carbocycles. The summed E-state index contributed by atoms with van der Waals surface area (Å²) in [6, 6.07) is 1.65. The molecule has 1 aromatic rings. The van der Waals surface area contributed by atoms with Crippen molar-refractivity contribution >= 4 is 27.3 Å². The molecule has 0 aromatic carbocycles. The van der Waals surface area contributed by atoms with Crippen LogP contribution in [0, 0.1) is 0 Å². The first kappa shape index (κ1) is 11.6. The van der Waals surface area contributed by atoms with Crippen molar-refractivity contribution in [2.45, 2.75) is 23.1 Å². The highest BCUT2D eigenvalue weighted by molar-refractivity contribution is 7.91. The van der Waals surface area contributed by atoms with Gasteiger partial charge in [-0.2, -0.15) is 0 Å². The van der Waals surface area contributed by atoms with Gasteiger partial charge in [-0.25, -0.2) is 13.6 Å². The van der Waals surface area contributed by atoms with Crippen molar-refractivity contribution < 1.29 is 13.2 Å². The summed E-state index contributed by atoms with van der Waals surface area (Å²) in [5.74, 6) is -0.145. The largest absolute Gasteiger partial charge is 0.339 e. The molecule has 0 unspecified atom stereocenters. The molecule has 0 bridgehead atoms. The number of sulfonamides is 1. The summed E-state index contributed by atoms with van der Waals surface area (Å²) in [5, 5.41) is 6.50. The molecule has 1 amide bonds. The summed E-state index contributed by atoms with van der Waals surface area (Å²) in [6.45, 7) is 0. The lowest BCUT2D eigenvalue weighted by atomic mass is 10.3. The predicted molar refractivity (Wildman–Crippen MR) is 60.8 cm³/mol. The number of hydrogen-bond acceptors (Lipinski definition) is 4. The van der Waals surface area contributed by atoms with Crippen molar-refractivity contribution in [1.29, 1.82) is 0 Å². The van der Waals surface area contributed by atoms with Gasteiger partial charge in [0.25, 0.3) is 5.91 Å². The van der Waals surface area contributed by atoms with Gasteiger partial charge in [0.2, 0.25) is 10.0 Å². The van der Waals surface area contributed by atoms with Crippen molar-refractivity contribution in [2.24, 2.45) is 5.14 Å². The molecule has 0 saturated heterocycles. The van der Waals surface area contributed by atoms with Crippen LogP contribution < -0.4 is 5.14 Å². The van der Waals surface area contributed by atoms with Crippen molar-refractivity contribution in [3.8, 4) is 0 Å². The highest BCUT2D eigenvalue weighted by Gasteiger charge is 2.30. The quantitative estimate of drug-likeness (QED) is 0.865. The number of rotatable bonds is 3. The number of thiophene rings is 1. The van der Waals surface area contributed by atoms with Gasteiger partial charge in [0.15, 0.2) is 0 Å². The minimum atomic E-state index is -3.70. The van der Waals surface area contributed by atoms with E-state index in [9.17, 15) is 13.2 Å². The monoisotopic (exact) mass is 260 g/mol. The van der Waals surface area contributed by atoms with Gasteiger partial charge in [-0.15, -0.1) is 11.3 Å². The number of primary sulfonamides is 1. The predicted octanol–water partition coefficient (Wildman–Crippen LogP) is 0.630. The maximum absolute atomic E-state index is 11.9. The molecule has 7 heteroatoms. The highest BCUT2D eigenvalue weighted by atomic mass is 32.2. The molecule has 2 N–H and O–H groups in total. The Kier molecular flexibility index (Phi) is 2.77. The van der Waals surface area contributed by atoms with Crippen molar-refractivity contribution in [2.75, 3.05) is 7.05 Å². The van der Waals surface area contributed by atoms with Crippen LogP contribution in [-0.2, 0) is 10.0 Å². The van der Waals surface area contributed by atoms with E-state index < -0.39 is 10.0 Å². The Balaban J connectivity index is 2.21. The maximum Gasteiger partial charge on any atom is 0.254 e. The summed E-state index contributed by atoms with van der Waals surface area (Å²) in [7, 11) is -1.97. The third kappa shape index (κ3) is 2.26. The molecule has 1 fully saturated rings. The standard InChI is InChI=1S/C9H12N2O3S2/c1-11(7-2-3-7)9(12)6-4-8(15-5-6)16(10,13)14/h4-5,7H,2-3H2,1H3,(H2,10,13,14). The van der Waals surface area contributed by atoms with Gasteiger partial charge in [-0.1, -0.05) is 0 Å². The Morgan fingerprint density at radius 2 is 2.19 bits per heavy atom. The van der Waals surface area contributed by atoms with Gasteiger partial charge >= 0.3 is 0 Å². The van der Waals surface area contributed by atoms with Gasteiger partial charge in [-0.3, -0.25) is 4.79 Å². The van der Waals surface area contributed by atoms with Crippen LogP contribution in [0.1, 0.15) is 23.2 Å². The van der Waals surface area contributed by atoms with Gasteiger partial charge in [0, 0.05) is 18.5 Å². The molecule has 88 valence electrons. The molecule has 2 rings (SSSR count). The Morgan fingerprint density at radius 3 is 2.62 bits per heavy atom. The number of amides is 1. The van der Waals surface area contributed by atoms with Crippen LogP contribution in [0.25, 0.3) is 0 Å². The molecular weight excluding hydrogens is 248 g/mol. The van der Waals surface area contributed by atoms with E-state index in [0.717, 1.165) is 24.2 Å². The van der Waals surface area contributed by atoms with E-state index in [4.69, 9.17) is 5.14 Å². The fraction of sp³-hybridized carbons (Fsp3) is 0.444. The third-order valence-electron chi connectivity index (χ3n) is 2.52. The number of carbonyl (C=O) groups is 1. The second-order valence-corrected chi connectivity index (χ2v) is 6.55. The lowest BCUT2D eigenvalue weighted by molar-refractivity contribution is 0.0785. The average molecular weight is 260 g/mol. The van der Waals surface area contributed by atoms with Gasteiger partial charge in [0.05, 0.1) is 5.56 Å². The Morgan fingerprint density at radius 1 is 1.56 bits per heavy atom. The molecule has 0 spiro atoms. The van der Waals surface area contributed by atoms with E-state index in [1.165, 1.54) is 11.4 Å². The van der Waals surface area contributed by atoms with Crippen molar-refractivity contribution in [3.05, 3.63) is 17.0 Å². The second kappa shape index (κ2) is 3.83. The van der Waals surface area contributed by atoms with E-state index in [1.54, 1.807) is 11.9 Å². The lowest BCUT2D eigenvalue weighted by Gasteiger charge is -2.14. The Labute approximate surface area is 97.9 Å². The number of hydrogen-bond donors (Lipinski definition) is 1. The maximum atomic E-state index is 11.9. The molecule has 1 saturated carbocycles. The van der Waals surface area contributed by atoms with Gasteiger partial charge < -0.3 is 4.90 Å². The van der Waals surface area contributed by atoms with E-state index in [2.05, 4.69) is 0 Å². The first-order valence-electron chi connectivity index (χ1n) is 4.78. The lowest BCUT2D eigenvalue weighted by Crippen LogP contribution is -2.28. The molecule has 0 radical (unpaired) electrons. The minimum Gasteiger partial charge on any atom is -0.339 e. The summed E-state index contributed by atoms with van der Waals surface area (Å²) in [4.78, 5) is 13.5. The SMILES string of the molecule is CN(C(=O)c1csc(S(N)(=O)=O)c1)C1CC1. The summed E-state index contributed by atoms with van der Waals surface area (Å²) in [5.41, 5.74) is 0.392. The van der Waals surface area contributed by atoms with E-state index in [-0.39, 0.29) is 10.1 Å². The third-order valence-corrected chi connectivity index (χ3v) is 4.90. The molecule has 5 nitrogen and oxygen atoms in total. The molecular formula is C9H12N2O3S2. The topological polar surface area (TPSA) is 80.5 Å². The van der Waals surface area contributed by atoms with Crippen LogP contribution in [-0.4, -0.2) is 32.3 Å². The first-order chi connectivity index (χ1) is 7.39. The molecule has 1 aromatic heterocycles. The van der Waals surface area contributed by atoms with Crippen LogP contribution >= 0.6 is 11.3 Å². The zero-order valence-electron chi connectivity index (χ0n) is 8.71. The Hall–Kier alpha value is -0.920. The fourth-order valence-corrected chi connectivity index (χ4v) is 2.99. The molecule has 1 aliphatic rings. The van der Waals surface area contributed by atoms with Gasteiger partial charge in [0.1, 0.15) is 4.21 Å². The molecule has 1 heterocycles. The van der Waals surface area contributed by atoms with Crippen LogP contribution in [0.15, 0.2) is 15.7 Å². The van der Waals surface area contributed by atoms with E-state index >= 15 is 0 Å². The number of carbonyl (C=O) groups excluding carboxylic acids is 1. The van der Waals surface area contributed by atoms with E-state index in [0.29, 0.717) is 11.6 Å². The summed E-state index contributed by atoms with van der Waals surface area (Å²) < 4.78 is 22.1. The van der Waals surface area contributed by atoms with Crippen molar-refractivity contribution in [1.82, 2.24) is 4.90 Å². The smallest absolute Gasteiger partial charge is 0.254 e. The Bertz CT molecular complexity index is 517. The van der Waals surface area contributed by atoms with Crippen LogP contribution in [0.3, 0.4) is 0 Å². The summed E-state index contributed by atoms with van der Waals surface area (Å²) in [6.07, 6.45) is 2.04. The van der Waals surface area contributed by atoms with Gasteiger partial charge in [-0.05, 0) is 18.9 Å². The molecule has 0 aliphatic heterocycles. The van der Waals surface area contributed by atoms with Crippen LogP contribution in [0.4, 0.5) is 0 Å². The number of nitrogens with zero attached hydrogens (tertiary/aromatic N) is 1. The first-order valence-corrected chi connectivity index (χ1v) is 7.20. The van der Waals surface area contributed by atoms with Crippen molar-refractivity contribution in [3.63, 3.8) is 0 Å². The second-order valence-electron chi connectivity index (χ2n) is 3.85. The zero-order chi connectivity index (χ0) is 11.9. The fourth-order valence-electron chi connectivity index (χ4n) is 1.41. The number of nitrogens with two attached hydrogens (primary N) is 1. The minimum absolute atomic E-state index is 0.0278. The summed E-state index contributed by atoms with van der Waals surface area (Å²) >= 11 is 0.974. The normalized spacial score (nSPS) is 16.1. The van der Waals surface area contributed by atoms with Crippen LogP contribution in [0.5, 0.6) is 0 Å². The zero-order valence-corrected chi connectivity index (χ0v) is 10.3. The average Bonchev–Trinajstić information content (AvgIpc) is 2.91. The highest BCUT2D eigenvalue weighted by Crippen LogP contribution is 2.28. The molecule has 16 heavy (non-hydrogen) atoms. The van der Waals surface area contributed by atoms with Crippen LogP contribution in [0.2, 0.25) is 0 Å². The molecule has 0 atom stereocenters.